The number of aromatic nitrogens is 2. The molecule has 2 N–H and O–H groups in total. The number of nitrogens with one attached hydrogen (secondary N) is 1. The summed E-state index contributed by atoms with van der Waals surface area (Å²) in [7, 11) is 0. The molecule has 0 aliphatic heterocycles. The first-order valence-electron chi connectivity index (χ1n) is 7.55. The quantitative estimate of drug-likeness (QED) is 0.862. The molecule has 118 valence electrons. The van der Waals surface area contributed by atoms with Crippen LogP contribution in [0.2, 0.25) is 0 Å². The molecule has 5 nitrogen and oxygen atoms in total. The molecule has 2 aromatic rings. The zero-order valence-electron chi connectivity index (χ0n) is 13.3. The molecule has 1 atom stereocenters. The van der Waals surface area contributed by atoms with Crippen molar-refractivity contribution < 1.29 is 9.90 Å². The van der Waals surface area contributed by atoms with Gasteiger partial charge in [0.1, 0.15) is 0 Å². The van der Waals surface area contributed by atoms with E-state index in [-0.39, 0.29) is 24.6 Å². The highest BCUT2D eigenvalue weighted by atomic mass is 16.3. The van der Waals surface area contributed by atoms with Crippen LogP contribution in [0.25, 0.3) is 0 Å². The van der Waals surface area contributed by atoms with Gasteiger partial charge < -0.3 is 10.4 Å². The van der Waals surface area contributed by atoms with Crippen molar-refractivity contribution in [2.45, 2.75) is 39.3 Å². The van der Waals surface area contributed by atoms with E-state index in [4.69, 9.17) is 0 Å². The standard InChI is InChI=1S/C17H23N3O2/c1-12(2)20-13(3)15(11-18-20)17(22)19-16(9-10-21)14-7-5-4-6-8-14/h4-8,11-12,16,21H,9-10H2,1-3H3,(H,19,22). The summed E-state index contributed by atoms with van der Waals surface area (Å²) < 4.78 is 1.83. The van der Waals surface area contributed by atoms with E-state index in [0.29, 0.717) is 12.0 Å². The molecule has 22 heavy (non-hydrogen) atoms. The highest BCUT2D eigenvalue weighted by Gasteiger charge is 2.19. The van der Waals surface area contributed by atoms with Crippen molar-refractivity contribution in [2.75, 3.05) is 6.61 Å². The van der Waals surface area contributed by atoms with Crippen LogP contribution in [-0.2, 0) is 0 Å². The van der Waals surface area contributed by atoms with Gasteiger partial charge >= 0.3 is 0 Å². The monoisotopic (exact) mass is 301 g/mol. The van der Waals surface area contributed by atoms with Crippen LogP contribution in [0, 0.1) is 6.92 Å². The number of hydrogen-bond donors (Lipinski definition) is 2. The third-order valence-corrected chi connectivity index (χ3v) is 3.70. The van der Waals surface area contributed by atoms with Gasteiger partial charge in [-0.25, -0.2) is 0 Å². The number of aliphatic hydroxyl groups excluding tert-OH is 1. The summed E-state index contributed by atoms with van der Waals surface area (Å²) in [4.78, 5) is 12.5. The van der Waals surface area contributed by atoms with Crippen LogP contribution < -0.4 is 5.32 Å². The van der Waals surface area contributed by atoms with Crippen LogP contribution in [0.1, 0.15) is 54.0 Å². The molecule has 1 heterocycles. The average molecular weight is 301 g/mol. The topological polar surface area (TPSA) is 67.2 Å². The molecule has 0 saturated carbocycles. The van der Waals surface area contributed by atoms with E-state index in [1.807, 2.05) is 55.8 Å². The fourth-order valence-corrected chi connectivity index (χ4v) is 2.54. The van der Waals surface area contributed by atoms with Crippen LogP contribution in [0.4, 0.5) is 0 Å². The second-order valence-corrected chi connectivity index (χ2v) is 5.63. The summed E-state index contributed by atoms with van der Waals surface area (Å²) in [5.41, 5.74) is 2.41. The smallest absolute Gasteiger partial charge is 0.255 e. The number of amides is 1. The lowest BCUT2D eigenvalue weighted by Crippen LogP contribution is -2.29. The van der Waals surface area contributed by atoms with Gasteiger partial charge in [-0.15, -0.1) is 0 Å². The molecule has 0 fully saturated rings. The molecule has 1 unspecified atom stereocenters. The van der Waals surface area contributed by atoms with Gasteiger partial charge in [-0.05, 0) is 32.8 Å². The van der Waals surface area contributed by atoms with Gasteiger partial charge in [0.15, 0.2) is 0 Å². The highest BCUT2D eigenvalue weighted by Crippen LogP contribution is 2.18. The Morgan fingerprint density at radius 3 is 2.55 bits per heavy atom. The number of benzene rings is 1. The maximum atomic E-state index is 12.5. The maximum Gasteiger partial charge on any atom is 0.255 e. The lowest BCUT2D eigenvalue weighted by Gasteiger charge is -2.18. The average Bonchev–Trinajstić information content (AvgIpc) is 2.89. The fraction of sp³-hybridized carbons (Fsp3) is 0.412. The van der Waals surface area contributed by atoms with Gasteiger partial charge in [-0.3, -0.25) is 9.48 Å². The number of nitrogens with zero attached hydrogens (tertiary/aromatic N) is 2. The van der Waals surface area contributed by atoms with Gasteiger partial charge in [-0.1, -0.05) is 30.3 Å². The summed E-state index contributed by atoms with van der Waals surface area (Å²) in [6.45, 7) is 5.97. The van der Waals surface area contributed by atoms with Crippen molar-refractivity contribution in [1.82, 2.24) is 15.1 Å². The number of carbonyl (C=O) groups excluding carboxylic acids is 1. The molecular formula is C17H23N3O2. The summed E-state index contributed by atoms with van der Waals surface area (Å²) in [6, 6.07) is 9.68. The van der Waals surface area contributed by atoms with Gasteiger partial charge in [-0.2, -0.15) is 5.10 Å². The van der Waals surface area contributed by atoms with Crippen molar-refractivity contribution in [1.29, 1.82) is 0 Å². The lowest BCUT2D eigenvalue weighted by molar-refractivity contribution is 0.0929. The van der Waals surface area contributed by atoms with E-state index in [2.05, 4.69) is 10.4 Å². The van der Waals surface area contributed by atoms with Crippen molar-refractivity contribution in [3.8, 4) is 0 Å². The SMILES string of the molecule is Cc1c(C(=O)NC(CCO)c2ccccc2)cnn1C(C)C. The molecule has 1 aromatic carbocycles. The van der Waals surface area contributed by atoms with E-state index in [0.717, 1.165) is 11.3 Å². The van der Waals surface area contributed by atoms with Crippen molar-refractivity contribution in [2.24, 2.45) is 0 Å². The second kappa shape index (κ2) is 7.22. The molecule has 1 aromatic heterocycles. The van der Waals surface area contributed by atoms with Crippen molar-refractivity contribution in [3.05, 3.63) is 53.3 Å². The zero-order valence-corrected chi connectivity index (χ0v) is 13.3. The molecule has 0 aliphatic carbocycles. The minimum atomic E-state index is -0.208. The Morgan fingerprint density at radius 1 is 1.32 bits per heavy atom. The molecule has 0 radical (unpaired) electrons. The van der Waals surface area contributed by atoms with Crippen LogP contribution >= 0.6 is 0 Å². The van der Waals surface area contributed by atoms with Gasteiger partial charge in [0.2, 0.25) is 0 Å². The Morgan fingerprint density at radius 2 is 2.00 bits per heavy atom. The lowest BCUT2D eigenvalue weighted by atomic mass is 10.0. The molecule has 0 bridgehead atoms. The zero-order chi connectivity index (χ0) is 16.1. The second-order valence-electron chi connectivity index (χ2n) is 5.63. The Labute approximate surface area is 131 Å². The van der Waals surface area contributed by atoms with Crippen LogP contribution in [-0.4, -0.2) is 27.4 Å². The van der Waals surface area contributed by atoms with Gasteiger partial charge in [0.05, 0.1) is 17.8 Å². The third-order valence-electron chi connectivity index (χ3n) is 3.70. The predicted molar refractivity (Wildman–Crippen MR) is 85.7 cm³/mol. The first kappa shape index (κ1) is 16.2. The van der Waals surface area contributed by atoms with Gasteiger partial charge in [0, 0.05) is 18.3 Å². The number of rotatable bonds is 6. The summed E-state index contributed by atoms with van der Waals surface area (Å²) >= 11 is 0. The normalized spacial score (nSPS) is 12.4. The first-order valence-corrected chi connectivity index (χ1v) is 7.55. The number of carbonyl (C=O) groups is 1. The minimum Gasteiger partial charge on any atom is -0.396 e. The van der Waals surface area contributed by atoms with Gasteiger partial charge in [0.25, 0.3) is 5.91 Å². The summed E-state index contributed by atoms with van der Waals surface area (Å²) in [6.07, 6.45) is 2.08. The van der Waals surface area contributed by atoms with Crippen molar-refractivity contribution >= 4 is 5.91 Å². The molecular weight excluding hydrogens is 278 g/mol. The molecule has 0 spiro atoms. The summed E-state index contributed by atoms with van der Waals surface area (Å²) in [5, 5.41) is 16.5. The number of aliphatic hydroxyl groups is 1. The molecule has 2 rings (SSSR count). The van der Waals surface area contributed by atoms with Crippen LogP contribution in [0.15, 0.2) is 36.5 Å². The molecule has 0 aliphatic rings. The highest BCUT2D eigenvalue weighted by molar-refractivity contribution is 5.95. The Balaban J connectivity index is 2.18. The van der Waals surface area contributed by atoms with E-state index in [1.165, 1.54) is 0 Å². The van der Waals surface area contributed by atoms with E-state index in [9.17, 15) is 9.90 Å². The van der Waals surface area contributed by atoms with E-state index in [1.54, 1.807) is 6.20 Å². The minimum absolute atomic E-state index is 0.0179. The Hall–Kier alpha value is -2.14. The predicted octanol–water partition coefficient (Wildman–Crippen LogP) is 2.63. The van der Waals surface area contributed by atoms with E-state index >= 15 is 0 Å². The largest absolute Gasteiger partial charge is 0.396 e. The first-order chi connectivity index (χ1) is 10.5. The Bertz CT molecular complexity index is 620. The molecule has 1 amide bonds. The molecule has 5 heteroatoms. The maximum absolute atomic E-state index is 12.5. The molecule has 0 saturated heterocycles. The fourth-order valence-electron chi connectivity index (χ4n) is 2.54. The van der Waals surface area contributed by atoms with Crippen molar-refractivity contribution in [3.63, 3.8) is 0 Å². The summed E-state index contributed by atoms with van der Waals surface area (Å²) in [5.74, 6) is -0.160. The number of hydrogen-bond acceptors (Lipinski definition) is 3. The van der Waals surface area contributed by atoms with Crippen LogP contribution in [0.3, 0.4) is 0 Å². The Kier molecular flexibility index (Phi) is 5.33. The van der Waals surface area contributed by atoms with Crippen LogP contribution in [0.5, 0.6) is 0 Å². The van der Waals surface area contributed by atoms with E-state index < -0.39 is 0 Å². The third kappa shape index (κ3) is 3.54.